The van der Waals surface area contributed by atoms with Crippen molar-refractivity contribution in [1.82, 2.24) is 10.3 Å². The van der Waals surface area contributed by atoms with Crippen molar-refractivity contribution in [2.45, 2.75) is 30.9 Å². The highest BCUT2D eigenvalue weighted by molar-refractivity contribution is 7.92. The summed E-state index contributed by atoms with van der Waals surface area (Å²) in [4.78, 5) is 28.8. The lowest BCUT2D eigenvalue weighted by atomic mass is 9.91. The van der Waals surface area contributed by atoms with Crippen molar-refractivity contribution in [2.24, 2.45) is 0 Å². The molecule has 13 nitrogen and oxygen atoms in total. The maximum absolute atomic E-state index is 15.3. The smallest absolute Gasteiger partial charge is 0.326 e. The van der Waals surface area contributed by atoms with Gasteiger partial charge in [0.25, 0.3) is 15.9 Å². The van der Waals surface area contributed by atoms with Gasteiger partial charge in [-0.1, -0.05) is 24.3 Å². The van der Waals surface area contributed by atoms with Crippen molar-refractivity contribution in [1.29, 1.82) is 5.41 Å². The van der Waals surface area contributed by atoms with E-state index in [2.05, 4.69) is 20.3 Å². The molecule has 0 fully saturated rings. The topological polar surface area (TPSA) is 189 Å². The molecule has 1 unspecified atom stereocenters. The lowest BCUT2D eigenvalue weighted by molar-refractivity contribution is -0.139. The van der Waals surface area contributed by atoms with E-state index in [-0.39, 0.29) is 11.3 Å². The molecule has 0 spiro atoms. The Hall–Kier alpha value is -6.46. The minimum Gasteiger partial charge on any atom is -0.496 e. The van der Waals surface area contributed by atoms with E-state index in [1.807, 2.05) is 6.92 Å². The summed E-state index contributed by atoms with van der Waals surface area (Å²) in [6.07, 6.45) is 1.93. The first-order valence-electron chi connectivity index (χ1n) is 17.2. The Morgan fingerprint density at radius 2 is 1.58 bits per heavy atom. The Morgan fingerprint density at radius 3 is 2.12 bits per heavy atom. The molecule has 1 heterocycles. The van der Waals surface area contributed by atoms with Gasteiger partial charge in [0.1, 0.15) is 34.7 Å². The molecule has 57 heavy (non-hydrogen) atoms. The Labute approximate surface area is 326 Å². The second-order valence-corrected chi connectivity index (χ2v) is 14.0. The van der Waals surface area contributed by atoms with Crippen molar-refractivity contribution >= 4 is 39.5 Å². The van der Waals surface area contributed by atoms with Crippen LogP contribution in [0.4, 0.5) is 24.5 Å². The third-order valence-electron chi connectivity index (χ3n) is 8.81. The van der Waals surface area contributed by atoms with E-state index in [9.17, 15) is 27.5 Å². The third kappa shape index (κ3) is 9.33. The number of methoxy groups -OCH3 is 2. The van der Waals surface area contributed by atoms with Gasteiger partial charge in [0.15, 0.2) is 0 Å². The Morgan fingerprint density at radius 1 is 0.930 bits per heavy atom. The molecule has 0 saturated carbocycles. The number of carboxylic acids is 1. The number of hydrogen-bond acceptors (Lipinski definition) is 10. The maximum Gasteiger partial charge on any atom is 0.326 e. The van der Waals surface area contributed by atoms with E-state index in [1.54, 1.807) is 31.3 Å². The summed E-state index contributed by atoms with van der Waals surface area (Å²) in [5.41, 5.74) is 2.03. The molecular weight excluding hydrogens is 768 g/mol. The molecule has 1 amide bonds. The average molecular weight is 806 g/mol. The molecule has 5 aromatic rings. The molecule has 5 N–H and O–H groups in total. The molecule has 1 atom stereocenters. The standard InChI is InChI=1S/C40H38F3N5O8S/c1-5-56-21-22-14-33(54-3)36(34(15-22)55-4)28-11-8-25(38(45-2)29(28)20-44)16-32(40(50)51)47-39(49)37-30(41)18-26(19-31(37)42)48-57(52,53)27-9-6-23(7-10-27)24-12-13-46-35(43)17-24/h6-15,17-20,32,44-45,48H,5,16,21H2,1-4H3,(H,47,49)(H,50,51). The van der Waals surface area contributed by atoms with E-state index in [0.717, 1.165) is 17.8 Å². The van der Waals surface area contributed by atoms with Gasteiger partial charge in [0.05, 0.1) is 37.0 Å². The molecule has 0 bridgehead atoms. The van der Waals surface area contributed by atoms with Crippen molar-refractivity contribution in [2.75, 3.05) is 37.9 Å². The minimum atomic E-state index is -4.39. The zero-order valence-electron chi connectivity index (χ0n) is 31.1. The molecule has 0 aliphatic heterocycles. The normalized spacial score (nSPS) is 11.7. The third-order valence-corrected chi connectivity index (χ3v) is 10.2. The molecule has 0 aliphatic rings. The second kappa shape index (κ2) is 18.0. The summed E-state index contributed by atoms with van der Waals surface area (Å²) in [6.45, 7) is 2.66. The van der Waals surface area contributed by atoms with E-state index in [0.29, 0.717) is 75.9 Å². The van der Waals surface area contributed by atoms with Crippen LogP contribution in [0.15, 0.2) is 83.9 Å². The lowest BCUT2D eigenvalue weighted by Crippen LogP contribution is -2.43. The summed E-state index contributed by atoms with van der Waals surface area (Å²) >= 11 is 0. The number of carbonyl (C=O) groups is 2. The van der Waals surface area contributed by atoms with Crippen LogP contribution in [-0.2, 0) is 32.6 Å². The van der Waals surface area contributed by atoms with Gasteiger partial charge in [0, 0.05) is 49.8 Å². The summed E-state index contributed by atoms with van der Waals surface area (Å²) in [7, 11) is 0.132. The van der Waals surface area contributed by atoms with Gasteiger partial charge in [-0.3, -0.25) is 9.52 Å². The highest BCUT2D eigenvalue weighted by Crippen LogP contribution is 2.43. The number of rotatable bonds is 17. The first-order valence-corrected chi connectivity index (χ1v) is 18.7. The number of carboxylic acid groups (broad SMARTS) is 1. The van der Waals surface area contributed by atoms with Crippen LogP contribution in [0, 0.1) is 23.0 Å². The van der Waals surface area contributed by atoms with Gasteiger partial charge in [-0.15, -0.1) is 0 Å². The fraction of sp³-hybridized carbons (Fsp3) is 0.200. The van der Waals surface area contributed by atoms with E-state index in [1.165, 1.54) is 50.7 Å². The fourth-order valence-electron chi connectivity index (χ4n) is 6.15. The van der Waals surface area contributed by atoms with Crippen molar-refractivity contribution < 1.29 is 50.5 Å². The molecule has 5 rings (SSSR count). The molecule has 0 radical (unpaired) electrons. The molecule has 0 aliphatic carbocycles. The first-order chi connectivity index (χ1) is 27.2. The summed E-state index contributed by atoms with van der Waals surface area (Å²) < 4.78 is 89.2. The number of halogens is 3. The number of amides is 1. The van der Waals surface area contributed by atoms with Crippen LogP contribution >= 0.6 is 0 Å². The number of sulfonamides is 1. The van der Waals surface area contributed by atoms with Gasteiger partial charge < -0.3 is 35.4 Å². The maximum atomic E-state index is 15.3. The number of carbonyl (C=O) groups excluding carboxylic acids is 1. The second-order valence-electron chi connectivity index (χ2n) is 12.3. The van der Waals surface area contributed by atoms with Gasteiger partial charge >= 0.3 is 5.97 Å². The quantitative estimate of drug-likeness (QED) is 0.0503. The molecule has 17 heteroatoms. The molecule has 298 valence electrons. The number of ether oxygens (including phenoxy) is 3. The number of pyridine rings is 1. The highest BCUT2D eigenvalue weighted by Gasteiger charge is 2.28. The Bertz CT molecular complexity index is 2380. The van der Waals surface area contributed by atoms with Crippen LogP contribution in [0.3, 0.4) is 0 Å². The van der Waals surface area contributed by atoms with E-state index in [4.69, 9.17) is 19.6 Å². The number of anilines is 2. The average Bonchev–Trinajstić information content (AvgIpc) is 3.18. The van der Waals surface area contributed by atoms with Crippen LogP contribution in [0.5, 0.6) is 11.5 Å². The van der Waals surface area contributed by atoms with Crippen LogP contribution in [0.1, 0.15) is 34.0 Å². The number of hydrogen-bond donors (Lipinski definition) is 5. The summed E-state index contributed by atoms with van der Waals surface area (Å²) in [5.74, 6) is -5.74. The van der Waals surface area contributed by atoms with Gasteiger partial charge in [-0.05, 0) is 77.2 Å². The largest absolute Gasteiger partial charge is 0.496 e. The summed E-state index contributed by atoms with van der Waals surface area (Å²) in [6, 6.07) is 14.2. The molecule has 1 aromatic heterocycles. The SMILES string of the molecule is CCOCc1cc(OC)c(-c2ccc(CC(NC(=O)c3c(F)cc(NS(=O)(=O)c4ccc(-c5ccnc(F)c5)cc4)cc3F)C(=O)O)c(NC)c2C=N)c(OC)c1. The zero-order valence-corrected chi connectivity index (χ0v) is 31.9. The fourth-order valence-corrected chi connectivity index (χ4v) is 7.20. The van der Waals surface area contributed by atoms with Crippen LogP contribution in [-0.4, -0.2) is 70.5 Å². The van der Waals surface area contributed by atoms with Gasteiger partial charge in [0.2, 0.25) is 5.95 Å². The molecular formula is C40H38F3N5O8S. The van der Waals surface area contributed by atoms with Gasteiger partial charge in [-0.25, -0.2) is 27.0 Å². The van der Waals surface area contributed by atoms with Gasteiger partial charge in [-0.2, -0.15) is 4.39 Å². The number of nitrogens with zero attached hydrogens (tertiary/aromatic N) is 1. The predicted octanol–water partition coefficient (Wildman–Crippen LogP) is 6.65. The van der Waals surface area contributed by atoms with Crippen molar-refractivity contribution in [3.8, 4) is 33.8 Å². The minimum absolute atomic E-state index is 0.276. The van der Waals surface area contributed by atoms with E-state index >= 15 is 8.78 Å². The van der Waals surface area contributed by atoms with Crippen LogP contribution in [0.2, 0.25) is 0 Å². The number of aliphatic carboxylic acids is 1. The highest BCUT2D eigenvalue weighted by atomic mass is 32.2. The Kier molecular flexibility index (Phi) is 13.2. The number of nitrogens with one attached hydrogen (secondary N) is 4. The first kappa shape index (κ1) is 41.7. The van der Waals surface area contributed by atoms with E-state index < -0.39 is 56.8 Å². The Balaban J connectivity index is 1.38. The lowest BCUT2D eigenvalue weighted by Gasteiger charge is -2.22. The molecule has 4 aromatic carbocycles. The van der Waals surface area contributed by atoms with Crippen LogP contribution < -0.4 is 24.8 Å². The summed E-state index contributed by atoms with van der Waals surface area (Å²) in [5, 5.41) is 23.5. The van der Waals surface area contributed by atoms with Crippen LogP contribution in [0.25, 0.3) is 22.3 Å². The number of benzene rings is 4. The molecule has 0 saturated heterocycles. The van der Waals surface area contributed by atoms with Crippen molar-refractivity contribution in [3.63, 3.8) is 0 Å². The number of aromatic nitrogens is 1. The predicted molar refractivity (Wildman–Crippen MR) is 207 cm³/mol. The zero-order chi connectivity index (χ0) is 41.4. The monoisotopic (exact) mass is 805 g/mol. The van der Waals surface area contributed by atoms with Crippen molar-refractivity contribution in [3.05, 3.63) is 119 Å².